The van der Waals surface area contributed by atoms with Crippen molar-refractivity contribution in [1.29, 1.82) is 0 Å². The van der Waals surface area contributed by atoms with E-state index in [1.165, 1.54) is 44.9 Å². The van der Waals surface area contributed by atoms with Crippen LogP contribution in [0.5, 0.6) is 0 Å². The van der Waals surface area contributed by atoms with Crippen LogP contribution in [-0.2, 0) is 0 Å². The number of hydrogen-bond donors (Lipinski definition) is 2. The van der Waals surface area contributed by atoms with Crippen molar-refractivity contribution in [1.82, 2.24) is 29.5 Å². The van der Waals surface area contributed by atoms with E-state index in [0.29, 0.717) is 24.0 Å². The lowest BCUT2D eigenvalue weighted by atomic mass is 9.95. The van der Waals surface area contributed by atoms with E-state index in [4.69, 9.17) is 4.98 Å². The Morgan fingerprint density at radius 1 is 0.885 bits per heavy atom. The number of fused-ring (bicyclic) bond motifs is 1. The van der Waals surface area contributed by atoms with E-state index in [0.717, 1.165) is 17.0 Å². The topological polar surface area (TPSA) is 93.4 Å². The molecule has 2 aliphatic rings. The van der Waals surface area contributed by atoms with Gasteiger partial charge in [0.25, 0.3) is 0 Å². The van der Waals surface area contributed by atoms with Crippen LogP contribution in [0.15, 0.2) is 24.8 Å². The highest BCUT2D eigenvalue weighted by molar-refractivity contribution is 5.85. The molecule has 0 aromatic carbocycles. The van der Waals surface area contributed by atoms with Crippen LogP contribution in [0.3, 0.4) is 0 Å². The first-order chi connectivity index (χ1) is 12.9. The summed E-state index contributed by atoms with van der Waals surface area (Å²) in [6.07, 6.45) is 13.9. The van der Waals surface area contributed by atoms with Crippen molar-refractivity contribution in [3.8, 4) is 0 Å². The molecule has 0 spiro atoms. The minimum Gasteiger partial charge on any atom is -0.365 e. The van der Waals surface area contributed by atoms with Crippen molar-refractivity contribution < 1.29 is 0 Å². The third-order valence-corrected chi connectivity index (χ3v) is 5.10. The molecule has 2 fully saturated rings. The molecule has 3 heterocycles. The summed E-state index contributed by atoms with van der Waals surface area (Å²) in [5, 5.41) is 6.62. The summed E-state index contributed by atoms with van der Waals surface area (Å²) >= 11 is 0. The van der Waals surface area contributed by atoms with Crippen LogP contribution in [0.4, 0.5) is 17.7 Å². The van der Waals surface area contributed by atoms with Gasteiger partial charge in [0.15, 0.2) is 17.0 Å². The lowest BCUT2D eigenvalue weighted by Gasteiger charge is -2.23. The molecule has 2 saturated carbocycles. The molecule has 0 bridgehead atoms. The number of hydrogen-bond acceptors (Lipinski definition) is 7. The van der Waals surface area contributed by atoms with Crippen molar-refractivity contribution in [2.75, 3.05) is 10.6 Å². The summed E-state index contributed by atoms with van der Waals surface area (Å²) in [4.78, 5) is 22.5. The zero-order valence-electron chi connectivity index (χ0n) is 14.6. The van der Waals surface area contributed by atoms with E-state index < -0.39 is 0 Å². The molecular weight excluding hydrogens is 328 g/mol. The quantitative estimate of drug-likeness (QED) is 0.728. The van der Waals surface area contributed by atoms with Gasteiger partial charge >= 0.3 is 0 Å². The molecule has 0 radical (unpaired) electrons. The van der Waals surface area contributed by atoms with E-state index in [-0.39, 0.29) is 0 Å². The van der Waals surface area contributed by atoms with Gasteiger partial charge in [-0.1, -0.05) is 19.3 Å². The lowest BCUT2D eigenvalue weighted by Crippen LogP contribution is -2.13. The maximum absolute atomic E-state index is 4.75. The van der Waals surface area contributed by atoms with Gasteiger partial charge in [0.2, 0.25) is 11.9 Å². The Balaban J connectivity index is 1.55. The number of nitrogens with one attached hydrogen (secondary N) is 2. The predicted molar refractivity (Wildman–Crippen MR) is 99.4 cm³/mol. The normalized spacial score (nSPS) is 18.2. The van der Waals surface area contributed by atoms with Crippen LogP contribution < -0.4 is 10.6 Å². The molecule has 8 nitrogen and oxygen atoms in total. The largest absolute Gasteiger partial charge is 0.365 e. The zero-order valence-corrected chi connectivity index (χ0v) is 14.6. The van der Waals surface area contributed by atoms with Crippen LogP contribution in [-0.4, -0.2) is 35.5 Å². The summed E-state index contributed by atoms with van der Waals surface area (Å²) in [7, 11) is 0. The van der Waals surface area contributed by atoms with E-state index in [1.807, 2.05) is 6.33 Å². The van der Waals surface area contributed by atoms with Crippen LogP contribution in [0.25, 0.3) is 11.2 Å². The second kappa shape index (κ2) is 6.51. The lowest BCUT2D eigenvalue weighted by molar-refractivity contribution is 0.358. The Morgan fingerprint density at radius 3 is 2.46 bits per heavy atom. The summed E-state index contributed by atoms with van der Waals surface area (Å²) in [6.45, 7) is 0. The molecule has 8 heteroatoms. The Morgan fingerprint density at radius 2 is 1.69 bits per heavy atom. The number of nitrogens with zero attached hydrogens (tertiary/aromatic N) is 6. The molecular formula is C18H22N8. The van der Waals surface area contributed by atoms with Crippen molar-refractivity contribution in [2.45, 2.75) is 57.0 Å². The summed E-state index contributed by atoms with van der Waals surface area (Å²) in [5.74, 6) is 1.79. The van der Waals surface area contributed by atoms with Gasteiger partial charge in [0.05, 0.1) is 6.33 Å². The highest BCUT2D eigenvalue weighted by Crippen LogP contribution is 2.33. The number of aromatic nitrogens is 6. The van der Waals surface area contributed by atoms with E-state index >= 15 is 0 Å². The molecule has 2 N–H and O–H groups in total. The van der Waals surface area contributed by atoms with Crippen molar-refractivity contribution >= 4 is 28.9 Å². The van der Waals surface area contributed by atoms with Gasteiger partial charge in [-0.3, -0.25) is 5.32 Å². The Labute approximate surface area is 151 Å². The maximum atomic E-state index is 4.75. The first kappa shape index (κ1) is 15.5. The van der Waals surface area contributed by atoms with Gasteiger partial charge < -0.3 is 9.88 Å². The highest BCUT2D eigenvalue weighted by atomic mass is 15.3. The summed E-state index contributed by atoms with van der Waals surface area (Å²) in [5.41, 5.74) is 1.73. The zero-order chi connectivity index (χ0) is 17.3. The van der Waals surface area contributed by atoms with Crippen molar-refractivity contribution in [3.63, 3.8) is 0 Å². The Kier molecular flexibility index (Phi) is 3.88. The first-order valence-electron chi connectivity index (χ1n) is 9.42. The molecule has 3 aromatic rings. The second-order valence-electron chi connectivity index (χ2n) is 7.13. The predicted octanol–water partition coefficient (Wildman–Crippen LogP) is 3.44. The average Bonchev–Trinajstić information content (AvgIpc) is 3.39. The van der Waals surface area contributed by atoms with Gasteiger partial charge in [-0.05, 0) is 31.7 Å². The number of imidazole rings is 1. The molecule has 0 saturated heterocycles. The van der Waals surface area contributed by atoms with Gasteiger partial charge in [0.1, 0.15) is 0 Å². The number of rotatable bonds is 5. The van der Waals surface area contributed by atoms with Gasteiger partial charge in [-0.25, -0.2) is 15.0 Å². The van der Waals surface area contributed by atoms with Crippen LogP contribution >= 0.6 is 0 Å². The molecule has 2 aliphatic carbocycles. The van der Waals surface area contributed by atoms with E-state index in [2.05, 4.69) is 35.1 Å². The monoisotopic (exact) mass is 350 g/mol. The standard InChI is InChI=1S/C18H22N8/c1-2-5-13(6-3-1)26-11-21-14-15(22-12-7-8-12)23-18(24-16(14)26)25-17-19-9-4-10-20-17/h4,9-13H,1-3,5-8H2,(H2,19,20,22,23,24,25). The van der Waals surface area contributed by atoms with Crippen LogP contribution in [0.1, 0.15) is 51.0 Å². The molecule has 134 valence electrons. The fourth-order valence-electron chi connectivity index (χ4n) is 3.58. The smallest absolute Gasteiger partial charge is 0.233 e. The number of anilines is 3. The molecule has 3 aromatic heterocycles. The third-order valence-electron chi connectivity index (χ3n) is 5.10. The molecule has 5 rings (SSSR count). The summed E-state index contributed by atoms with van der Waals surface area (Å²) < 4.78 is 2.23. The van der Waals surface area contributed by atoms with E-state index in [1.54, 1.807) is 18.5 Å². The van der Waals surface area contributed by atoms with Crippen molar-refractivity contribution in [3.05, 3.63) is 24.8 Å². The fraction of sp³-hybridized carbons (Fsp3) is 0.500. The fourth-order valence-corrected chi connectivity index (χ4v) is 3.58. The minimum absolute atomic E-state index is 0.471. The molecule has 0 unspecified atom stereocenters. The second-order valence-corrected chi connectivity index (χ2v) is 7.13. The van der Waals surface area contributed by atoms with Gasteiger partial charge in [0, 0.05) is 24.5 Å². The minimum atomic E-state index is 0.471. The van der Waals surface area contributed by atoms with Gasteiger partial charge in [-0.2, -0.15) is 9.97 Å². The molecule has 0 amide bonds. The molecule has 0 aliphatic heterocycles. The highest BCUT2D eigenvalue weighted by Gasteiger charge is 2.25. The summed E-state index contributed by atoms with van der Waals surface area (Å²) in [6, 6.07) is 2.75. The first-order valence-corrected chi connectivity index (χ1v) is 9.42. The van der Waals surface area contributed by atoms with Gasteiger partial charge in [-0.15, -0.1) is 0 Å². The maximum Gasteiger partial charge on any atom is 0.233 e. The van der Waals surface area contributed by atoms with Crippen LogP contribution in [0.2, 0.25) is 0 Å². The average molecular weight is 350 g/mol. The molecule has 0 atom stereocenters. The molecule has 26 heavy (non-hydrogen) atoms. The Hall–Kier alpha value is -2.77. The van der Waals surface area contributed by atoms with Crippen molar-refractivity contribution in [2.24, 2.45) is 0 Å². The SMILES string of the molecule is c1cnc(Nc2nc(NC3CC3)c3ncn(C4CCCCC4)c3n2)nc1. The Bertz CT molecular complexity index is 896. The third kappa shape index (κ3) is 3.07. The van der Waals surface area contributed by atoms with E-state index in [9.17, 15) is 0 Å². The van der Waals surface area contributed by atoms with Crippen LogP contribution in [0, 0.1) is 0 Å².